The van der Waals surface area contributed by atoms with Gasteiger partial charge in [-0.25, -0.2) is 13.2 Å². The van der Waals surface area contributed by atoms with Crippen LogP contribution >= 0.6 is 0 Å². The van der Waals surface area contributed by atoms with Gasteiger partial charge in [-0.3, -0.25) is 9.10 Å². The van der Waals surface area contributed by atoms with Gasteiger partial charge in [0.1, 0.15) is 11.8 Å². The average molecular weight is 435 g/mol. The van der Waals surface area contributed by atoms with Gasteiger partial charge in [-0.2, -0.15) is 0 Å². The monoisotopic (exact) mass is 434 g/mol. The number of esters is 1. The van der Waals surface area contributed by atoms with Crippen LogP contribution in [0.2, 0.25) is 0 Å². The third-order valence-corrected chi connectivity index (χ3v) is 5.49. The van der Waals surface area contributed by atoms with Gasteiger partial charge in [0.25, 0.3) is 0 Å². The predicted octanol–water partition coefficient (Wildman–Crippen LogP) is 3.06. The highest BCUT2D eigenvalue weighted by Gasteiger charge is 2.31. The number of methoxy groups -OCH3 is 1. The van der Waals surface area contributed by atoms with Crippen LogP contribution in [0.3, 0.4) is 0 Å². The molecule has 0 radical (unpaired) electrons. The molecule has 0 aromatic heterocycles. The number of benzene rings is 2. The number of rotatable bonds is 9. The fourth-order valence-electron chi connectivity index (χ4n) is 2.95. The quantitative estimate of drug-likeness (QED) is 0.609. The lowest BCUT2D eigenvalue weighted by Gasteiger charge is -2.30. The van der Waals surface area contributed by atoms with Crippen molar-refractivity contribution in [3.8, 4) is 5.75 Å². The van der Waals surface area contributed by atoms with E-state index in [0.29, 0.717) is 29.3 Å². The smallest absolute Gasteiger partial charge is 0.337 e. The van der Waals surface area contributed by atoms with E-state index in [1.54, 1.807) is 43.3 Å². The standard InChI is InChI=1S/C21H26N2O6S/c1-5-19(20(24)22-16-9-7-15(8-10-16)21(25)28-3)23(30(4,26)27)17-11-13-18(14-12-17)29-6-2/h7-14,19H,5-6H2,1-4H3,(H,22,24). The lowest BCUT2D eigenvalue weighted by atomic mass is 10.1. The molecule has 1 unspecified atom stereocenters. The van der Waals surface area contributed by atoms with Gasteiger partial charge >= 0.3 is 5.97 Å². The molecule has 1 amide bonds. The predicted molar refractivity (Wildman–Crippen MR) is 115 cm³/mol. The van der Waals surface area contributed by atoms with Crippen molar-refractivity contribution in [2.75, 3.05) is 29.6 Å². The fraction of sp³-hybridized carbons (Fsp3) is 0.333. The van der Waals surface area contributed by atoms with E-state index in [0.717, 1.165) is 10.6 Å². The van der Waals surface area contributed by atoms with Gasteiger partial charge in [0.15, 0.2) is 0 Å². The zero-order valence-electron chi connectivity index (χ0n) is 17.4. The number of carbonyl (C=O) groups excluding carboxylic acids is 2. The summed E-state index contributed by atoms with van der Waals surface area (Å²) in [7, 11) is -2.46. The van der Waals surface area contributed by atoms with E-state index in [4.69, 9.17) is 4.74 Å². The largest absolute Gasteiger partial charge is 0.494 e. The lowest BCUT2D eigenvalue weighted by molar-refractivity contribution is -0.117. The van der Waals surface area contributed by atoms with E-state index in [9.17, 15) is 18.0 Å². The number of hydrogen-bond donors (Lipinski definition) is 1. The molecule has 0 aliphatic carbocycles. The number of sulfonamides is 1. The van der Waals surface area contributed by atoms with E-state index in [1.165, 1.54) is 19.2 Å². The molecule has 1 atom stereocenters. The zero-order valence-corrected chi connectivity index (χ0v) is 18.2. The van der Waals surface area contributed by atoms with E-state index in [1.807, 2.05) is 6.92 Å². The number of nitrogens with one attached hydrogen (secondary N) is 1. The number of amides is 1. The minimum atomic E-state index is -3.74. The molecule has 8 nitrogen and oxygen atoms in total. The molecule has 0 fully saturated rings. The molecular formula is C21H26N2O6S. The third-order valence-electron chi connectivity index (χ3n) is 4.31. The Balaban J connectivity index is 2.28. The molecule has 0 heterocycles. The van der Waals surface area contributed by atoms with Crippen LogP contribution in [0.4, 0.5) is 11.4 Å². The topological polar surface area (TPSA) is 102 Å². The highest BCUT2D eigenvalue weighted by Crippen LogP contribution is 2.26. The molecule has 0 spiro atoms. The van der Waals surface area contributed by atoms with E-state index in [-0.39, 0.29) is 6.42 Å². The van der Waals surface area contributed by atoms with Gasteiger partial charge in [0.2, 0.25) is 15.9 Å². The highest BCUT2D eigenvalue weighted by molar-refractivity contribution is 7.92. The third kappa shape index (κ3) is 5.73. The maximum atomic E-state index is 12.9. The minimum Gasteiger partial charge on any atom is -0.494 e. The SMILES string of the molecule is CCOc1ccc(N(C(CC)C(=O)Nc2ccc(C(=O)OC)cc2)S(C)(=O)=O)cc1. The first-order chi connectivity index (χ1) is 14.2. The Hall–Kier alpha value is -3.07. The summed E-state index contributed by atoms with van der Waals surface area (Å²) < 4.78 is 36.2. The van der Waals surface area contributed by atoms with Gasteiger partial charge in [-0.1, -0.05) is 6.92 Å². The molecule has 0 bridgehead atoms. The molecule has 0 aliphatic rings. The summed E-state index contributed by atoms with van der Waals surface area (Å²) >= 11 is 0. The first-order valence-corrected chi connectivity index (χ1v) is 11.3. The average Bonchev–Trinajstić information content (AvgIpc) is 2.72. The van der Waals surface area contributed by atoms with Crippen molar-refractivity contribution in [2.24, 2.45) is 0 Å². The van der Waals surface area contributed by atoms with Crippen LogP contribution in [0, 0.1) is 0 Å². The van der Waals surface area contributed by atoms with Crippen molar-refractivity contribution in [1.82, 2.24) is 0 Å². The zero-order chi connectivity index (χ0) is 22.3. The van der Waals surface area contributed by atoms with E-state index >= 15 is 0 Å². The van der Waals surface area contributed by atoms with Crippen molar-refractivity contribution < 1.29 is 27.5 Å². The molecule has 1 N–H and O–H groups in total. The molecule has 9 heteroatoms. The fourth-order valence-corrected chi connectivity index (χ4v) is 4.16. The Kier molecular flexibility index (Phi) is 7.82. The van der Waals surface area contributed by atoms with Gasteiger partial charge in [-0.05, 0) is 61.9 Å². The van der Waals surface area contributed by atoms with Crippen LogP contribution in [0.15, 0.2) is 48.5 Å². The lowest BCUT2D eigenvalue weighted by Crippen LogP contribution is -2.47. The van der Waals surface area contributed by atoms with Crippen LogP contribution < -0.4 is 14.4 Å². The minimum absolute atomic E-state index is 0.256. The van der Waals surface area contributed by atoms with E-state index in [2.05, 4.69) is 10.1 Å². The maximum Gasteiger partial charge on any atom is 0.337 e. The molecule has 0 aliphatic heterocycles. The molecule has 2 rings (SSSR count). The Bertz CT molecular complexity index is 972. The molecule has 162 valence electrons. The summed E-state index contributed by atoms with van der Waals surface area (Å²) in [6.45, 7) is 4.08. The summed E-state index contributed by atoms with van der Waals surface area (Å²) in [5, 5.41) is 2.71. The van der Waals surface area contributed by atoms with Crippen LogP contribution in [-0.2, 0) is 19.6 Å². The first-order valence-electron chi connectivity index (χ1n) is 9.42. The second-order valence-electron chi connectivity index (χ2n) is 6.47. The summed E-state index contributed by atoms with van der Waals surface area (Å²) in [6, 6.07) is 11.7. The molecule has 30 heavy (non-hydrogen) atoms. The maximum absolute atomic E-state index is 12.9. The Morgan fingerprint density at radius 2 is 1.63 bits per heavy atom. The number of hydrogen-bond acceptors (Lipinski definition) is 6. The normalized spacial score (nSPS) is 12.0. The second-order valence-corrected chi connectivity index (χ2v) is 8.33. The number of carbonyl (C=O) groups is 2. The summed E-state index contributed by atoms with van der Waals surface area (Å²) in [6.07, 6.45) is 1.32. The van der Waals surface area contributed by atoms with Gasteiger partial charge in [0, 0.05) is 5.69 Å². The first kappa shape index (κ1) is 23.2. The number of nitrogens with zero attached hydrogens (tertiary/aromatic N) is 1. The highest BCUT2D eigenvalue weighted by atomic mass is 32.2. The van der Waals surface area contributed by atoms with Gasteiger partial charge in [-0.15, -0.1) is 0 Å². The van der Waals surface area contributed by atoms with Crippen molar-refractivity contribution in [2.45, 2.75) is 26.3 Å². The summed E-state index contributed by atoms with van der Waals surface area (Å²) in [4.78, 5) is 24.4. The summed E-state index contributed by atoms with van der Waals surface area (Å²) in [5.74, 6) is -0.362. The van der Waals surface area contributed by atoms with Crippen LogP contribution in [0.5, 0.6) is 5.75 Å². The number of ether oxygens (including phenoxy) is 2. The van der Waals surface area contributed by atoms with Crippen LogP contribution in [-0.4, -0.2) is 46.3 Å². The Morgan fingerprint density at radius 1 is 1.03 bits per heavy atom. The van der Waals surface area contributed by atoms with Crippen LogP contribution in [0.1, 0.15) is 30.6 Å². The summed E-state index contributed by atoms with van der Waals surface area (Å²) in [5.41, 5.74) is 1.14. The molecule has 0 saturated heterocycles. The van der Waals surface area contributed by atoms with Crippen molar-refractivity contribution in [3.63, 3.8) is 0 Å². The molecule has 0 saturated carbocycles. The van der Waals surface area contributed by atoms with Crippen molar-refractivity contribution >= 4 is 33.3 Å². The number of anilines is 2. The van der Waals surface area contributed by atoms with Crippen molar-refractivity contribution in [1.29, 1.82) is 0 Å². The second kappa shape index (κ2) is 10.1. The van der Waals surface area contributed by atoms with Crippen molar-refractivity contribution in [3.05, 3.63) is 54.1 Å². The van der Waals surface area contributed by atoms with E-state index < -0.39 is 27.9 Å². The molecule has 2 aromatic rings. The molecule has 2 aromatic carbocycles. The van der Waals surface area contributed by atoms with Gasteiger partial charge in [0.05, 0.1) is 31.2 Å². The Morgan fingerprint density at radius 3 is 2.10 bits per heavy atom. The Labute approximate surface area is 176 Å². The van der Waals surface area contributed by atoms with Crippen LogP contribution in [0.25, 0.3) is 0 Å². The molecular weight excluding hydrogens is 408 g/mol. The van der Waals surface area contributed by atoms with Gasteiger partial charge < -0.3 is 14.8 Å².